The zero-order valence-electron chi connectivity index (χ0n) is 18.6. The lowest BCUT2D eigenvalue weighted by molar-refractivity contribution is -0.0500. The third kappa shape index (κ3) is 7.79. The monoisotopic (exact) mass is 595 g/mol. The Hall–Kier alpha value is -1.44. The van der Waals surface area contributed by atoms with Crippen LogP contribution in [0.5, 0.6) is 0 Å². The van der Waals surface area contributed by atoms with Gasteiger partial charge in [0.15, 0.2) is 17.7 Å². The number of hydrogen-bond acceptors (Lipinski definition) is 15. The van der Waals surface area contributed by atoms with Gasteiger partial charge in [-0.2, -0.15) is 4.31 Å². The van der Waals surface area contributed by atoms with Crippen LogP contribution in [-0.4, -0.2) is 98.1 Å². The van der Waals surface area contributed by atoms with Crippen molar-refractivity contribution in [3.63, 3.8) is 0 Å². The molecule has 3 rings (SSSR count). The van der Waals surface area contributed by atoms with Crippen LogP contribution in [-0.2, 0) is 36.3 Å². The lowest BCUT2D eigenvalue weighted by Gasteiger charge is -2.22. The third-order valence-electron chi connectivity index (χ3n) is 4.81. The average Bonchev–Trinajstić information content (AvgIpc) is 3.31. The number of phosphoric ester groups is 3. The number of nitrogen functional groups attached to an aromatic ring is 1. The predicted octanol–water partition coefficient (Wildman–Crippen LogP) is -1.86. The highest BCUT2D eigenvalue weighted by Gasteiger charge is 2.50. The van der Waals surface area contributed by atoms with Crippen molar-refractivity contribution in [3.8, 4) is 0 Å². The molecule has 0 spiro atoms. The first-order chi connectivity index (χ1) is 17.0. The van der Waals surface area contributed by atoms with E-state index in [-0.39, 0.29) is 17.0 Å². The Kier molecular flexibility index (Phi) is 9.24. The molecule has 37 heavy (non-hydrogen) atoms. The molecule has 2 aromatic rings. The van der Waals surface area contributed by atoms with Crippen molar-refractivity contribution < 1.29 is 71.2 Å². The van der Waals surface area contributed by atoms with Crippen LogP contribution in [0, 0.1) is 0 Å². The molecule has 1 aliphatic heterocycles. The Morgan fingerprint density at radius 2 is 1.76 bits per heavy atom. The summed E-state index contributed by atoms with van der Waals surface area (Å²) in [5, 5.41) is 29.1. The van der Waals surface area contributed by atoms with Crippen molar-refractivity contribution in [1.82, 2.24) is 19.5 Å². The van der Waals surface area contributed by atoms with E-state index in [1.165, 1.54) is 0 Å². The first-order valence-corrected chi connectivity index (χ1v) is 14.5. The van der Waals surface area contributed by atoms with Gasteiger partial charge < -0.3 is 45.4 Å². The van der Waals surface area contributed by atoms with E-state index in [9.17, 15) is 43.5 Å². The number of fused-ring (bicyclic) bond motifs is 1. The molecule has 0 radical (unpaired) electrons. The van der Waals surface area contributed by atoms with Crippen LogP contribution in [0.2, 0.25) is 0 Å². The second-order valence-electron chi connectivity index (χ2n) is 7.62. The number of anilines is 1. The number of rotatable bonds is 12. The van der Waals surface area contributed by atoms with Crippen molar-refractivity contribution in [2.45, 2.75) is 43.7 Å². The van der Waals surface area contributed by atoms with Gasteiger partial charge >= 0.3 is 23.5 Å². The molecule has 0 aromatic carbocycles. The summed E-state index contributed by atoms with van der Waals surface area (Å²) in [6, 6.07) is 0. The molecule has 1 fully saturated rings. The molecule has 23 heteroatoms. The van der Waals surface area contributed by atoms with Crippen molar-refractivity contribution in [2.75, 3.05) is 18.9 Å². The SMILES string of the molecule is C[C@H](O)[C@H](O)COP(=O)(O)OP(=O)(O)OC[C@H]1O[C@@H](n2cnc3c(N)ncnc32)[C@H](OP(=O)(O)O)[C@@H]1O. The largest absolute Gasteiger partial charge is 0.481 e. The summed E-state index contributed by atoms with van der Waals surface area (Å²) in [7, 11) is -15.9. The Morgan fingerprint density at radius 1 is 1.11 bits per heavy atom. The van der Waals surface area contributed by atoms with Gasteiger partial charge in [0.05, 0.1) is 25.6 Å². The first-order valence-electron chi connectivity index (χ1n) is 10.0. The zero-order chi connectivity index (χ0) is 27.8. The molecular formula is C14H24N5O15P3. The molecule has 8 atom stereocenters. The van der Waals surface area contributed by atoms with E-state index in [2.05, 4.69) is 32.8 Å². The Balaban J connectivity index is 1.74. The highest BCUT2D eigenvalue weighted by molar-refractivity contribution is 7.61. The second kappa shape index (κ2) is 11.4. The minimum Gasteiger partial charge on any atom is -0.391 e. The summed E-state index contributed by atoms with van der Waals surface area (Å²) in [5.74, 6) is -0.0374. The number of phosphoric acid groups is 3. The summed E-state index contributed by atoms with van der Waals surface area (Å²) < 4.78 is 59.8. The van der Waals surface area contributed by atoms with Gasteiger partial charge in [-0.15, -0.1) is 0 Å². The quantitative estimate of drug-likeness (QED) is 0.125. The van der Waals surface area contributed by atoms with E-state index in [0.717, 1.165) is 24.1 Å². The van der Waals surface area contributed by atoms with E-state index >= 15 is 0 Å². The zero-order valence-corrected chi connectivity index (χ0v) is 21.3. The number of ether oxygens (including phenoxy) is 1. The minimum atomic E-state index is -5.39. The number of imidazole rings is 1. The fourth-order valence-electron chi connectivity index (χ4n) is 3.06. The highest BCUT2D eigenvalue weighted by Crippen LogP contribution is 2.60. The standard InChI is InChI=1S/C14H24N5O15P3/c1-6(20)7(21)2-30-36(26,27)34-37(28,29)31-3-8-10(22)11(33-35(23,24)25)14(32-8)19-5-18-9-12(15)16-4-17-13(9)19/h4-8,10-11,14,20-22H,2-3H2,1H3,(H,26,27)(H,28,29)(H2,15,16,17)(H2,23,24,25)/t6-,7+,8+,10+,11+,14+/m0/s1. The third-order valence-corrected chi connectivity index (χ3v) is 7.93. The van der Waals surface area contributed by atoms with Crippen LogP contribution in [0.1, 0.15) is 13.2 Å². The molecule has 210 valence electrons. The Morgan fingerprint density at radius 3 is 2.38 bits per heavy atom. The fourth-order valence-corrected chi connectivity index (χ4v) is 5.71. The number of hydrogen-bond donors (Lipinski definition) is 8. The topological polar surface area (TPSA) is 309 Å². The van der Waals surface area contributed by atoms with Gasteiger partial charge in [0.25, 0.3) is 0 Å². The van der Waals surface area contributed by atoms with E-state index in [4.69, 9.17) is 15.6 Å². The molecule has 3 heterocycles. The summed E-state index contributed by atoms with van der Waals surface area (Å²) in [5.41, 5.74) is 5.83. The normalized spacial score (nSPS) is 27.6. The highest BCUT2D eigenvalue weighted by atomic mass is 31.3. The van der Waals surface area contributed by atoms with Gasteiger partial charge in [-0.25, -0.2) is 28.6 Å². The van der Waals surface area contributed by atoms with Gasteiger partial charge in [-0.3, -0.25) is 18.1 Å². The van der Waals surface area contributed by atoms with Crippen molar-refractivity contribution in [1.29, 1.82) is 0 Å². The lowest BCUT2D eigenvalue weighted by atomic mass is 10.1. The molecule has 1 aliphatic rings. The maximum absolute atomic E-state index is 12.2. The molecule has 0 aliphatic carbocycles. The summed E-state index contributed by atoms with van der Waals surface area (Å²) >= 11 is 0. The first kappa shape index (κ1) is 30.1. The number of aliphatic hydroxyl groups is 3. The van der Waals surface area contributed by atoms with Gasteiger partial charge in [0.2, 0.25) is 0 Å². The molecule has 9 N–H and O–H groups in total. The summed E-state index contributed by atoms with van der Waals surface area (Å²) in [6.45, 7) is -0.812. The van der Waals surface area contributed by atoms with E-state index in [1.54, 1.807) is 0 Å². The smallest absolute Gasteiger partial charge is 0.391 e. The van der Waals surface area contributed by atoms with Crippen LogP contribution in [0.25, 0.3) is 11.2 Å². The molecule has 2 unspecified atom stereocenters. The van der Waals surface area contributed by atoms with E-state index in [1.807, 2.05) is 0 Å². The molecule has 0 bridgehead atoms. The second-order valence-corrected chi connectivity index (χ2v) is 11.9. The minimum absolute atomic E-state index is 0.0273. The van der Waals surface area contributed by atoms with Gasteiger partial charge in [-0.05, 0) is 6.92 Å². The summed E-state index contributed by atoms with van der Waals surface area (Å²) in [4.78, 5) is 49.6. The predicted molar refractivity (Wildman–Crippen MR) is 117 cm³/mol. The van der Waals surface area contributed by atoms with Gasteiger partial charge in [-0.1, -0.05) is 0 Å². The number of nitrogens with two attached hydrogens (primary N) is 1. The number of nitrogens with zero attached hydrogens (tertiary/aromatic N) is 4. The van der Waals surface area contributed by atoms with Crippen molar-refractivity contribution in [2.24, 2.45) is 0 Å². The van der Waals surface area contributed by atoms with Crippen LogP contribution in [0.3, 0.4) is 0 Å². The van der Waals surface area contributed by atoms with Crippen LogP contribution >= 0.6 is 23.5 Å². The average molecular weight is 595 g/mol. The molecule has 1 saturated heterocycles. The van der Waals surface area contributed by atoms with Crippen LogP contribution in [0.4, 0.5) is 5.82 Å². The van der Waals surface area contributed by atoms with Gasteiger partial charge in [0.1, 0.15) is 36.3 Å². The van der Waals surface area contributed by atoms with Gasteiger partial charge in [0, 0.05) is 0 Å². The fraction of sp³-hybridized carbons (Fsp3) is 0.643. The molecule has 2 aromatic heterocycles. The molecule has 0 amide bonds. The van der Waals surface area contributed by atoms with Crippen molar-refractivity contribution >= 4 is 40.4 Å². The Labute approximate surface area is 207 Å². The number of aromatic nitrogens is 4. The molecule has 0 saturated carbocycles. The maximum atomic E-state index is 12.2. The van der Waals surface area contributed by atoms with Crippen LogP contribution < -0.4 is 5.73 Å². The maximum Gasteiger partial charge on any atom is 0.481 e. The Bertz CT molecular complexity index is 1240. The lowest BCUT2D eigenvalue weighted by Crippen LogP contribution is -2.35. The van der Waals surface area contributed by atoms with E-state index in [0.29, 0.717) is 0 Å². The van der Waals surface area contributed by atoms with Crippen LogP contribution in [0.15, 0.2) is 12.7 Å². The van der Waals surface area contributed by atoms with E-state index < -0.39 is 73.4 Å². The summed E-state index contributed by atoms with van der Waals surface area (Å²) in [6.07, 6.45) is -7.63. The number of aliphatic hydroxyl groups excluding tert-OH is 3. The molecule has 20 nitrogen and oxygen atoms in total. The molecular weight excluding hydrogens is 571 g/mol. The van der Waals surface area contributed by atoms with Crippen molar-refractivity contribution in [3.05, 3.63) is 12.7 Å².